The molecule has 46 heavy (non-hydrogen) atoms. The van der Waals surface area contributed by atoms with Crippen molar-refractivity contribution in [1.82, 2.24) is 0 Å². The molecule has 2 saturated heterocycles. The molecule has 0 bridgehead atoms. The fourth-order valence-corrected chi connectivity index (χ4v) is 6.43. The van der Waals surface area contributed by atoms with E-state index in [4.69, 9.17) is 14.2 Å². The molecule has 6 rings (SSSR count). The highest BCUT2D eigenvalue weighted by atomic mass is 32.2. The van der Waals surface area contributed by atoms with E-state index in [2.05, 4.69) is 113 Å². The van der Waals surface area contributed by atoms with Gasteiger partial charge in [-0.15, -0.1) is 0 Å². The van der Waals surface area contributed by atoms with Gasteiger partial charge in [0.2, 0.25) is 0 Å². The molecule has 6 heteroatoms. The van der Waals surface area contributed by atoms with E-state index in [1.54, 1.807) is 0 Å². The number of aliphatic hydroxyl groups excluding tert-OH is 1. The van der Waals surface area contributed by atoms with Gasteiger partial charge in [0.15, 0.2) is 0 Å². The molecule has 3 atom stereocenters. The van der Waals surface area contributed by atoms with E-state index in [0.29, 0.717) is 16.9 Å². The van der Waals surface area contributed by atoms with E-state index in [1.165, 1.54) is 39.3 Å². The molecule has 2 aliphatic rings. The Labute approximate surface area is 283 Å². The topological polar surface area (TPSA) is 47.9 Å². The highest BCUT2D eigenvalue weighted by Crippen LogP contribution is 2.36. The minimum absolute atomic E-state index is 0.116. The number of benzene rings is 4. The SMILES string of the molecule is CC(C)(c1ccc(CCC(O)COc2ccc(C(C)(C)c3ccc(OCC4CS4)cc3)cc2)cc1)c1ccc(OCC2CS2)cc1. The van der Waals surface area contributed by atoms with Crippen LogP contribution in [0.25, 0.3) is 0 Å². The van der Waals surface area contributed by atoms with E-state index in [1.807, 2.05) is 35.7 Å². The minimum Gasteiger partial charge on any atom is -0.492 e. The predicted molar refractivity (Wildman–Crippen MR) is 193 cm³/mol. The van der Waals surface area contributed by atoms with Crippen molar-refractivity contribution in [3.8, 4) is 17.2 Å². The lowest BCUT2D eigenvalue weighted by Gasteiger charge is -2.26. The number of aliphatic hydroxyl groups is 1. The molecule has 2 aliphatic heterocycles. The summed E-state index contributed by atoms with van der Waals surface area (Å²) >= 11 is 3.90. The Hall–Kier alpha value is -3.06. The molecule has 2 heterocycles. The Balaban J connectivity index is 0.952. The zero-order valence-electron chi connectivity index (χ0n) is 27.4. The summed E-state index contributed by atoms with van der Waals surface area (Å²) in [7, 11) is 0. The number of hydrogen-bond acceptors (Lipinski definition) is 6. The molecule has 0 aromatic heterocycles. The lowest BCUT2D eigenvalue weighted by atomic mass is 9.78. The number of aryl methyl sites for hydroxylation is 1. The summed E-state index contributed by atoms with van der Waals surface area (Å²) in [4.78, 5) is 0. The first-order valence-corrected chi connectivity index (χ1v) is 18.5. The zero-order valence-corrected chi connectivity index (χ0v) is 29.0. The van der Waals surface area contributed by atoms with Crippen molar-refractivity contribution < 1.29 is 19.3 Å². The summed E-state index contributed by atoms with van der Waals surface area (Å²) in [6.45, 7) is 10.9. The molecule has 3 unspecified atom stereocenters. The van der Waals surface area contributed by atoms with E-state index < -0.39 is 6.10 Å². The van der Waals surface area contributed by atoms with Crippen molar-refractivity contribution in [1.29, 1.82) is 0 Å². The third-order valence-corrected chi connectivity index (χ3v) is 11.2. The summed E-state index contributed by atoms with van der Waals surface area (Å²) in [6, 6.07) is 34.0. The second-order valence-corrected chi connectivity index (χ2v) is 16.2. The maximum Gasteiger partial charge on any atom is 0.119 e. The molecular formula is C40H46O4S2. The van der Waals surface area contributed by atoms with Gasteiger partial charge in [0.05, 0.1) is 6.10 Å². The fourth-order valence-electron chi connectivity index (χ4n) is 5.64. The van der Waals surface area contributed by atoms with E-state index in [9.17, 15) is 5.11 Å². The number of rotatable bonds is 16. The van der Waals surface area contributed by atoms with Crippen LogP contribution in [0.5, 0.6) is 17.2 Å². The number of hydrogen-bond donors (Lipinski definition) is 1. The molecule has 2 fully saturated rings. The summed E-state index contributed by atoms with van der Waals surface area (Å²) in [5.41, 5.74) is 5.93. The summed E-state index contributed by atoms with van der Waals surface area (Å²) in [5, 5.41) is 12.0. The van der Waals surface area contributed by atoms with Gasteiger partial charge in [-0.3, -0.25) is 0 Å². The first kappa shape index (κ1) is 32.9. The van der Waals surface area contributed by atoms with Crippen molar-refractivity contribution in [3.63, 3.8) is 0 Å². The Kier molecular flexibility index (Phi) is 10.3. The van der Waals surface area contributed by atoms with Gasteiger partial charge in [-0.1, -0.05) is 88.4 Å². The quantitative estimate of drug-likeness (QED) is 0.122. The maximum absolute atomic E-state index is 10.7. The van der Waals surface area contributed by atoms with Crippen molar-refractivity contribution in [2.75, 3.05) is 31.3 Å². The van der Waals surface area contributed by atoms with Gasteiger partial charge in [-0.25, -0.2) is 0 Å². The fraction of sp³-hybridized carbons (Fsp3) is 0.400. The molecule has 4 nitrogen and oxygen atoms in total. The second-order valence-electron chi connectivity index (χ2n) is 13.6. The van der Waals surface area contributed by atoms with Crippen LogP contribution in [-0.4, -0.2) is 53.0 Å². The van der Waals surface area contributed by atoms with Gasteiger partial charge in [-0.05, 0) is 77.1 Å². The van der Waals surface area contributed by atoms with Crippen LogP contribution in [0.15, 0.2) is 97.1 Å². The predicted octanol–water partition coefficient (Wildman–Crippen LogP) is 8.70. The molecule has 1 N–H and O–H groups in total. The molecule has 0 radical (unpaired) electrons. The maximum atomic E-state index is 10.7. The molecule has 242 valence electrons. The lowest BCUT2D eigenvalue weighted by Crippen LogP contribution is -2.20. The van der Waals surface area contributed by atoms with Gasteiger partial charge in [0.1, 0.15) is 37.1 Å². The standard InChI is InChI=1S/C40H46O4S2/c1-39(2,30-12-19-35(20-13-30)43-24-37-26-45-37)29-8-5-28(6-9-29)7-16-33(41)23-42-34-17-10-31(11-18-34)40(3,4)32-14-21-36(22-15-32)44-25-38-27-46-38/h5-6,8-15,17-22,33,37-38,41H,7,16,23-27H2,1-4H3. The molecule has 4 aromatic rings. The molecule has 0 saturated carbocycles. The lowest BCUT2D eigenvalue weighted by molar-refractivity contribution is 0.100. The average Bonchev–Trinajstić information content (AvgIpc) is 4.01. The number of thioether (sulfide) groups is 2. The Morgan fingerprint density at radius 1 is 0.587 bits per heavy atom. The minimum atomic E-state index is -0.536. The average molecular weight is 655 g/mol. The highest BCUT2D eigenvalue weighted by Gasteiger charge is 2.26. The largest absolute Gasteiger partial charge is 0.492 e. The van der Waals surface area contributed by atoms with Gasteiger partial charge in [0.25, 0.3) is 0 Å². The van der Waals surface area contributed by atoms with E-state index in [0.717, 1.165) is 36.9 Å². The first-order valence-electron chi connectivity index (χ1n) is 16.4. The Morgan fingerprint density at radius 2 is 0.935 bits per heavy atom. The van der Waals surface area contributed by atoms with Crippen LogP contribution < -0.4 is 14.2 Å². The van der Waals surface area contributed by atoms with Crippen molar-refractivity contribution in [2.45, 2.75) is 68.0 Å². The molecule has 0 spiro atoms. The van der Waals surface area contributed by atoms with Crippen LogP contribution in [0.1, 0.15) is 61.9 Å². The first-order chi connectivity index (χ1) is 22.2. The molecule has 0 aliphatic carbocycles. The van der Waals surface area contributed by atoms with Crippen molar-refractivity contribution in [3.05, 3.63) is 125 Å². The van der Waals surface area contributed by atoms with Gasteiger partial charge < -0.3 is 19.3 Å². The van der Waals surface area contributed by atoms with Crippen LogP contribution in [-0.2, 0) is 17.3 Å². The Morgan fingerprint density at radius 3 is 1.30 bits per heavy atom. The Bertz CT molecular complexity index is 1420. The zero-order chi connectivity index (χ0) is 32.1. The van der Waals surface area contributed by atoms with Crippen LogP contribution in [0, 0.1) is 0 Å². The second kappa shape index (κ2) is 14.4. The number of ether oxygens (including phenoxy) is 3. The summed E-state index contributed by atoms with van der Waals surface area (Å²) in [6.07, 6.45) is 0.909. The monoisotopic (exact) mass is 654 g/mol. The third-order valence-electron chi connectivity index (χ3n) is 9.29. The summed E-state index contributed by atoms with van der Waals surface area (Å²) in [5.74, 6) is 5.07. The van der Waals surface area contributed by atoms with Gasteiger partial charge in [-0.2, -0.15) is 23.5 Å². The molecule has 4 aromatic carbocycles. The van der Waals surface area contributed by atoms with E-state index in [-0.39, 0.29) is 17.4 Å². The smallest absolute Gasteiger partial charge is 0.119 e. The van der Waals surface area contributed by atoms with Crippen LogP contribution in [0.2, 0.25) is 0 Å². The van der Waals surface area contributed by atoms with Crippen molar-refractivity contribution in [2.24, 2.45) is 0 Å². The van der Waals surface area contributed by atoms with Crippen molar-refractivity contribution >= 4 is 23.5 Å². The van der Waals surface area contributed by atoms with Gasteiger partial charge in [0, 0.05) is 32.8 Å². The van der Waals surface area contributed by atoms with Crippen LogP contribution in [0.4, 0.5) is 0 Å². The van der Waals surface area contributed by atoms with Gasteiger partial charge >= 0.3 is 0 Å². The van der Waals surface area contributed by atoms with Crippen LogP contribution in [0.3, 0.4) is 0 Å². The van der Waals surface area contributed by atoms with E-state index >= 15 is 0 Å². The third kappa shape index (κ3) is 8.64. The highest BCUT2D eigenvalue weighted by molar-refractivity contribution is 8.07. The molecule has 0 amide bonds. The molecular weight excluding hydrogens is 609 g/mol. The van der Waals surface area contributed by atoms with Crippen LogP contribution >= 0.6 is 23.5 Å². The normalized spacial score (nSPS) is 18.1. The summed E-state index contributed by atoms with van der Waals surface area (Å²) < 4.78 is 17.8.